The van der Waals surface area contributed by atoms with Crippen LogP contribution in [0.25, 0.3) is 0 Å². The normalized spacial score (nSPS) is 9.84. The van der Waals surface area contributed by atoms with E-state index in [1.54, 1.807) is 17.5 Å². The maximum Gasteiger partial charge on any atom is 0.279 e. The van der Waals surface area contributed by atoms with E-state index >= 15 is 0 Å². The third kappa shape index (κ3) is 5.43. The molecule has 4 N–H and O–H groups in total. The average Bonchev–Trinajstić information content (AvgIpc) is 3.05. The lowest BCUT2D eigenvalue weighted by Crippen LogP contribution is -2.41. The first-order valence-corrected chi connectivity index (χ1v) is 8.07. The number of amides is 4. The summed E-state index contributed by atoms with van der Waals surface area (Å²) in [5, 5.41) is 6.83. The SMILES string of the molecule is CC(=O)Nc1cc(NC(C)=O)cc(C(=O)NNC(=O)c2cccs2)c1. The van der Waals surface area contributed by atoms with E-state index in [2.05, 4.69) is 21.5 Å². The second-order valence-corrected chi connectivity index (χ2v) is 5.99. The maximum absolute atomic E-state index is 12.2. The summed E-state index contributed by atoms with van der Waals surface area (Å²) < 4.78 is 0. The number of thiophene rings is 1. The number of anilines is 2. The van der Waals surface area contributed by atoms with Gasteiger partial charge in [0, 0.05) is 30.8 Å². The molecule has 0 spiro atoms. The fourth-order valence-electron chi connectivity index (χ4n) is 1.96. The lowest BCUT2D eigenvalue weighted by molar-refractivity contribution is -0.115. The van der Waals surface area contributed by atoms with E-state index in [0.29, 0.717) is 16.3 Å². The van der Waals surface area contributed by atoms with Crippen molar-refractivity contribution in [2.75, 3.05) is 10.6 Å². The quantitative estimate of drug-likeness (QED) is 0.621. The predicted octanol–water partition coefficient (Wildman–Crippen LogP) is 1.74. The summed E-state index contributed by atoms with van der Waals surface area (Å²) in [5.41, 5.74) is 5.43. The van der Waals surface area contributed by atoms with Crippen LogP contribution in [0.3, 0.4) is 0 Å². The van der Waals surface area contributed by atoms with Crippen molar-refractivity contribution in [2.45, 2.75) is 13.8 Å². The number of hydrazine groups is 1. The van der Waals surface area contributed by atoms with Gasteiger partial charge in [0.1, 0.15) is 0 Å². The van der Waals surface area contributed by atoms with Crippen molar-refractivity contribution in [3.63, 3.8) is 0 Å². The van der Waals surface area contributed by atoms with Gasteiger partial charge >= 0.3 is 0 Å². The van der Waals surface area contributed by atoms with E-state index in [9.17, 15) is 19.2 Å². The smallest absolute Gasteiger partial charge is 0.279 e. The minimum absolute atomic E-state index is 0.154. The Labute approximate surface area is 147 Å². The van der Waals surface area contributed by atoms with Gasteiger partial charge in [0.05, 0.1) is 4.88 Å². The van der Waals surface area contributed by atoms with Gasteiger partial charge in [-0.3, -0.25) is 30.0 Å². The van der Waals surface area contributed by atoms with Crippen molar-refractivity contribution in [1.29, 1.82) is 0 Å². The molecular formula is C16H16N4O4S. The molecule has 2 aromatic rings. The molecule has 0 fully saturated rings. The maximum atomic E-state index is 12.2. The molecule has 9 heteroatoms. The topological polar surface area (TPSA) is 116 Å². The fraction of sp³-hybridized carbons (Fsp3) is 0.125. The largest absolute Gasteiger partial charge is 0.326 e. The second kappa shape index (κ2) is 8.06. The van der Waals surface area contributed by atoms with Crippen molar-refractivity contribution in [3.8, 4) is 0 Å². The summed E-state index contributed by atoms with van der Waals surface area (Å²) in [5.74, 6) is -1.68. The van der Waals surface area contributed by atoms with E-state index in [-0.39, 0.29) is 17.4 Å². The van der Waals surface area contributed by atoms with Crippen LogP contribution >= 0.6 is 11.3 Å². The van der Waals surface area contributed by atoms with Crippen LogP contribution < -0.4 is 21.5 Å². The number of carbonyl (C=O) groups excluding carboxylic acids is 4. The molecule has 0 saturated heterocycles. The van der Waals surface area contributed by atoms with Gasteiger partial charge in [0.25, 0.3) is 11.8 Å². The van der Waals surface area contributed by atoms with Crippen LogP contribution in [-0.2, 0) is 9.59 Å². The van der Waals surface area contributed by atoms with Crippen molar-refractivity contribution in [3.05, 3.63) is 46.2 Å². The lowest BCUT2D eigenvalue weighted by atomic mass is 10.1. The molecule has 0 aliphatic carbocycles. The molecule has 0 aliphatic heterocycles. The molecule has 130 valence electrons. The third-order valence-electron chi connectivity index (χ3n) is 2.87. The molecule has 1 aromatic carbocycles. The molecule has 0 bridgehead atoms. The van der Waals surface area contributed by atoms with Gasteiger partial charge in [0.15, 0.2) is 0 Å². The van der Waals surface area contributed by atoms with Crippen molar-refractivity contribution < 1.29 is 19.2 Å². The van der Waals surface area contributed by atoms with Crippen LogP contribution in [0, 0.1) is 0 Å². The van der Waals surface area contributed by atoms with Crippen LogP contribution in [0.1, 0.15) is 33.9 Å². The summed E-state index contributed by atoms with van der Waals surface area (Å²) in [4.78, 5) is 47.0. The lowest BCUT2D eigenvalue weighted by Gasteiger charge is -2.11. The van der Waals surface area contributed by atoms with E-state index in [4.69, 9.17) is 0 Å². The minimum atomic E-state index is -0.594. The fourth-order valence-corrected chi connectivity index (χ4v) is 2.58. The van der Waals surface area contributed by atoms with Crippen molar-refractivity contribution in [1.82, 2.24) is 10.9 Å². The second-order valence-electron chi connectivity index (χ2n) is 5.05. The molecule has 0 unspecified atom stereocenters. The minimum Gasteiger partial charge on any atom is -0.326 e. The number of benzene rings is 1. The van der Waals surface area contributed by atoms with Crippen LogP contribution in [-0.4, -0.2) is 23.6 Å². The van der Waals surface area contributed by atoms with Crippen LogP contribution in [0.2, 0.25) is 0 Å². The summed E-state index contributed by atoms with van der Waals surface area (Å²) in [6.45, 7) is 2.65. The van der Waals surface area contributed by atoms with Gasteiger partial charge < -0.3 is 10.6 Å². The zero-order valence-electron chi connectivity index (χ0n) is 13.5. The standard InChI is InChI=1S/C16H16N4O4S/c1-9(21)17-12-6-11(7-13(8-12)18-10(2)22)15(23)19-20-16(24)14-4-3-5-25-14/h3-8H,1-2H3,(H,17,21)(H,18,22)(H,19,23)(H,20,24). The van der Waals surface area contributed by atoms with E-state index < -0.39 is 11.8 Å². The molecule has 4 amide bonds. The highest BCUT2D eigenvalue weighted by atomic mass is 32.1. The molecule has 0 aliphatic rings. The van der Waals surface area contributed by atoms with Gasteiger partial charge in [-0.15, -0.1) is 11.3 Å². The molecule has 1 heterocycles. The number of rotatable bonds is 4. The van der Waals surface area contributed by atoms with Crippen molar-refractivity contribution >= 4 is 46.3 Å². The number of carbonyl (C=O) groups is 4. The zero-order valence-corrected chi connectivity index (χ0v) is 14.3. The molecule has 0 atom stereocenters. The molecule has 8 nitrogen and oxygen atoms in total. The average molecular weight is 360 g/mol. The Morgan fingerprint density at radius 2 is 1.40 bits per heavy atom. The van der Waals surface area contributed by atoms with E-state index in [1.807, 2.05) is 0 Å². The Morgan fingerprint density at radius 3 is 1.88 bits per heavy atom. The molecule has 0 saturated carbocycles. The first-order chi connectivity index (χ1) is 11.8. The predicted molar refractivity (Wildman–Crippen MR) is 94.3 cm³/mol. The third-order valence-corrected chi connectivity index (χ3v) is 3.74. The zero-order chi connectivity index (χ0) is 18.4. The highest BCUT2D eigenvalue weighted by Gasteiger charge is 2.12. The first-order valence-electron chi connectivity index (χ1n) is 7.19. The van der Waals surface area contributed by atoms with Gasteiger partial charge in [-0.25, -0.2) is 0 Å². The Kier molecular flexibility index (Phi) is 5.85. The van der Waals surface area contributed by atoms with Crippen LogP contribution in [0.15, 0.2) is 35.7 Å². The summed E-state index contributed by atoms with van der Waals surface area (Å²) in [7, 11) is 0. The highest BCUT2D eigenvalue weighted by molar-refractivity contribution is 7.12. The van der Waals surface area contributed by atoms with Gasteiger partial charge in [-0.1, -0.05) is 6.07 Å². The summed E-state index contributed by atoms with van der Waals surface area (Å²) in [6.07, 6.45) is 0. The van der Waals surface area contributed by atoms with E-state index in [0.717, 1.165) is 0 Å². The summed E-state index contributed by atoms with van der Waals surface area (Å²) >= 11 is 1.24. The van der Waals surface area contributed by atoms with Crippen molar-refractivity contribution in [2.24, 2.45) is 0 Å². The molecule has 2 rings (SSSR count). The van der Waals surface area contributed by atoms with E-state index in [1.165, 1.54) is 43.4 Å². The Hall–Kier alpha value is -3.20. The van der Waals surface area contributed by atoms with Crippen LogP contribution in [0.5, 0.6) is 0 Å². The Balaban J connectivity index is 2.14. The molecule has 0 radical (unpaired) electrons. The molecule has 25 heavy (non-hydrogen) atoms. The highest BCUT2D eigenvalue weighted by Crippen LogP contribution is 2.19. The first kappa shape index (κ1) is 18.1. The monoisotopic (exact) mass is 360 g/mol. The number of hydrogen-bond acceptors (Lipinski definition) is 5. The Bertz CT molecular complexity index is 783. The number of hydrogen-bond donors (Lipinski definition) is 4. The number of nitrogens with one attached hydrogen (secondary N) is 4. The van der Waals surface area contributed by atoms with Gasteiger partial charge in [0.2, 0.25) is 11.8 Å². The van der Waals surface area contributed by atoms with Gasteiger partial charge in [-0.2, -0.15) is 0 Å². The van der Waals surface area contributed by atoms with Gasteiger partial charge in [-0.05, 0) is 29.6 Å². The summed E-state index contributed by atoms with van der Waals surface area (Å²) in [6, 6.07) is 7.72. The Morgan fingerprint density at radius 1 is 0.840 bits per heavy atom. The molecular weight excluding hydrogens is 344 g/mol. The molecule has 1 aromatic heterocycles. The van der Waals surface area contributed by atoms with Crippen LogP contribution in [0.4, 0.5) is 11.4 Å².